The summed E-state index contributed by atoms with van der Waals surface area (Å²) in [7, 11) is 1.79. The molecule has 0 spiro atoms. The van der Waals surface area contributed by atoms with Crippen molar-refractivity contribution in [2.75, 3.05) is 20.2 Å². The lowest BCUT2D eigenvalue weighted by Crippen LogP contribution is -2.37. The maximum absolute atomic E-state index is 5.54. The van der Waals surface area contributed by atoms with Gasteiger partial charge in [0, 0.05) is 20.1 Å². The van der Waals surface area contributed by atoms with Crippen molar-refractivity contribution >= 4 is 29.9 Å². The molecule has 1 rings (SSSR count). The van der Waals surface area contributed by atoms with E-state index in [0.29, 0.717) is 6.61 Å². The van der Waals surface area contributed by atoms with Crippen molar-refractivity contribution in [1.82, 2.24) is 10.6 Å². The molecule has 5 heteroatoms. The molecule has 2 N–H and O–H groups in total. The summed E-state index contributed by atoms with van der Waals surface area (Å²) >= 11 is 0. The summed E-state index contributed by atoms with van der Waals surface area (Å²) in [5.74, 6) is 1.80. The average molecular weight is 391 g/mol. The number of guanidine groups is 1. The van der Waals surface area contributed by atoms with Gasteiger partial charge in [-0.25, -0.2) is 0 Å². The Morgan fingerprint density at radius 1 is 1.25 bits per heavy atom. The van der Waals surface area contributed by atoms with E-state index in [2.05, 4.69) is 41.6 Å². The smallest absolute Gasteiger partial charge is 0.191 e. The molecule has 0 aliphatic carbocycles. The van der Waals surface area contributed by atoms with Gasteiger partial charge in [-0.15, -0.1) is 24.0 Å². The number of hydrogen-bond donors (Lipinski definition) is 2. The lowest BCUT2D eigenvalue weighted by Gasteiger charge is -2.12. The number of aliphatic imine (C=N–C) groups is 1. The summed E-state index contributed by atoms with van der Waals surface area (Å²) in [6.07, 6.45) is 1.09. The predicted octanol–water partition coefficient (Wildman–Crippen LogP) is 3.09. The molecule has 0 aliphatic rings. The van der Waals surface area contributed by atoms with Crippen LogP contribution in [-0.4, -0.2) is 26.2 Å². The van der Waals surface area contributed by atoms with Crippen molar-refractivity contribution in [3.63, 3.8) is 0 Å². The number of halogens is 1. The molecular weight excluding hydrogens is 365 g/mol. The molecule has 114 valence electrons. The largest absolute Gasteiger partial charge is 0.494 e. The topological polar surface area (TPSA) is 45.7 Å². The number of hydrogen-bond acceptors (Lipinski definition) is 2. The summed E-state index contributed by atoms with van der Waals surface area (Å²) in [4.78, 5) is 4.18. The molecule has 4 nitrogen and oxygen atoms in total. The Hall–Kier alpha value is -0.980. The first-order chi connectivity index (χ1) is 9.21. The van der Waals surface area contributed by atoms with E-state index in [0.717, 1.165) is 36.8 Å². The minimum atomic E-state index is 0. The molecule has 0 aliphatic heterocycles. The minimum absolute atomic E-state index is 0. The highest BCUT2D eigenvalue weighted by molar-refractivity contribution is 14.0. The highest BCUT2D eigenvalue weighted by Crippen LogP contribution is 2.18. The van der Waals surface area contributed by atoms with Gasteiger partial charge in [-0.1, -0.05) is 19.1 Å². The molecule has 20 heavy (non-hydrogen) atoms. The van der Waals surface area contributed by atoms with Gasteiger partial charge in [0.2, 0.25) is 0 Å². The van der Waals surface area contributed by atoms with E-state index in [4.69, 9.17) is 4.74 Å². The fourth-order valence-corrected chi connectivity index (χ4v) is 1.79. The number of benzene rings is 1. The molecule has 0 bridgehead atoms. The maximum atomic E-state index is 5.54. The normalized spacial score (nSPS) is 10.7. The molecule has 0 heterocycles. The Kier molecular flexibility index (Phi) is 10.2. The molecule has 0 atom stereocenters. The lowest BCUT2D eigenvalue weighted by molar-refractivity contribution is 0.338. The van der Waals surface area contributed by atoms with Gasteiger partial charge in [-0.3, -0.25) is 4.99 Å². The Bertz CT molecular complexity index is 422. The molecule has 0 unspecified atom stereocenters. The van der Waals surface area contributed by atoms with Crippen LogP contribution in [0.3, 0.4) is 0 Å². The third-order valence-corrected chi connectivity index (χ3v) is 2.77. The summed E-state index contributed by atoms with van der Waals surface area (Å²) in [6.45, 7) is 8.59. The van der Waals surface area contributed by atoms with Crippen LogP contribution in [0.1, 0.15) is 31.4 Å². The minimum Gasteiger partial charge on any atom is -0.494 e. The summed E-state index contributed by atoms with van der Waals surface area (Å²) in [5, 5.41) is 6.55. The molecule has 0 radical (unpaired) electrons. The van der Waals surface area contributed by atoms with E-state index in [1.165, 1.54) is 5.56 Å². The van der Waals surface area contributed by atoms with Gasteiger partial charge < -0.3 is 15.4 Å². The Morgan fingerprint density at radius 2 is 2.00 bits per heavy atom. The van der Waals surface area contributed by atoms with Crippen LogP contribution in [0.5, 0.6) is 5.75 Å². The first-order valence-corrected chi connectivity index (χ1v) is 6.88. The second-order valence-electron chi connectivity index (χ2n) is 4.39. The predicted molar refractivity (Wildman–Crippen MR) is 96.3 cm³/mol. The van der Waals surface area contributed by atoms with E-state index in [9.17, 15) is 0 Å². The van der Waals surface area contributed by atoms with Crippen molar-refractivity contribution in [2.45, 2.75) is 33.7 Å². The van der Waals surface area contributed by atoms with Crippen LogP contribution in [0.25, 0.3) is 0 Å². The van der Waals surface area contributed by atoms with Gasteiger partial charge in [0.25, 0.3) is 0 Å². The molecule has 1 aromatic carbocycles. The zero-order chi connectivity index (χ0) is 14.1. The third-order valence-electron chi connectivity index (χ3n) is 2.77. The highest BCUT2D eigenvalue weighted by Gasteiger charge is 2.02. The molecule has 0 saturated heterocycles. The molecule has 0 saturated carbocycles. The third kappa shape index (κ3) is 6.45. The van der Waals surface area contributed by atoms with Gasteiger partial charge >= 0.3 is 0 Å². The summed E-state index contributed by atoms with van der Waals surface area (Å²) in [6, 6.07) is 6.25. The van der Waals surface area contributed by atoms with E-state index in [1.807, 2.05) is 13.0 Å². The van der Waals surface area contributed by atoms with Gasteiger partial charge in [0.1, 0.15) is 5.75 Å². The van der Waals surface area contributed by atoms with E-state index < -0.39 is 0 Å². The van der Waals surface area contributed by atoms with Crippen molar-refractivity contribution in [3.8, 4) is 5.75 Å². The van der Waals surface area contributed by atoms with Crippen LogP contribution in [-0.2, 0) is 6.54 Å². The van der Waals surface area contributed by atoms with Gasteiger partial charge in [0.15, 0.2) is 5.96 Å². The van der Waals surface area contributed by atoms with Crippen LogP contribution in [0.15, 0.2) is 23.2 Å². The van der Waals surface area contributed by atoms with Gasteiger partial charge in [-0.2, -0.15) is 0 Å². The van der Waals surface area contributed by atoms with Crippen molar-refractivity contribution in [1.29, 1.82) is 0 Å². The zero-order valence-electron chi connectivity index (χ0n) is 12.8. The SMILES string of the molecule is CCCNC(=NC)NCc1ccc(OCC)c(C)c1.I. The fourth-order valence-electron chi connectivity index (χ4n) is 1.79. The molecule has 0 fully saturated rings. The molecular formula is C15H26IN3O. The van der Waals surface area contributed by atoms with E-state index >= 15 is 0 Å². The average Bonchev–Trinajstić information content (AvgIpc) is 2.42. The zero-order valence-corrected chi connectivity index (χ0v) is 15.2. The van der Waals surface area contributed by atoms with E-state index in [-0.39, 0.29) is 24.0 Å². The Balaban J connectivity index is 0.00000361. The Morgan fingerprint density at radius 3 is 2.55 bits per heavy atom. The quantitative estimate of drug-likeness (QED) is 0.445. The van der Waals surface area contributed by atoms with Crippen molar-refractivity contribution < 1.29 is 4.74 Å². The Labute approximate surface area is 139 Å². The number of nitrogens with one attached hydrogen (secondary N) is 2. The monoisotopic (exact) mass is 391 g/mol. The number of aryl methyl sites for hydroxylation is 1. The molecule has 0 aromatic heterocycles. The first kappa shape index (κ1) is 19.0. The second kappa shape index (κ2) is 10.8. The summed E-state index contributed by atoms with van der Waals surface area (Å²) in [5.41, 5.74) is 2.39. The number of nitrogens with zero attached hydrogens (tertiary/aromatic N) is 1. The fraction of sp³-hybridized carbons (Fsp3) is 0.533. The second-order valence-corrected chi connectivity index (χ2v) is 4.39. The van der Waals surface area contributed by atoms with Crippen LogP contribution in [0, 0.1) is 6.92 Å². The van der Waals surface area contributed by atoms with E-state index in [1.54, 1.807) is 7.05 Å². The van der Waals surface area contributed by atoms with Crippen molar-refractivity contribution in [2.24, 2.45) is 4.99 Å². The maximum Gasteiger partial charge on any atom is 0.191 e. The number of rotatable bonds is 6. The van der Waals surface area contributed by atoms with Gasteiger partial charge in [0.05, 0.1) is 6.61 Å². The van der Waals surface area contributed by atoms with Crippen LogP contribution in [0.2, 0.25) is 0 Å². The lowest BCUT2D eigenvalue weighted by atomic mass is 10.1. The van der Waals surface area contributed by atoms with Crippen LogP contribution >= 0.6 is 24.0 Å². The molecule has 1 aromatic rings. The van der Waals surface area contributed by atoms with Gasteiger partial charge in [-0.05, 0) is 37.5 Å². The highest BCUT2D eigenvalue weighted by atomic mass is 127. The summed E-state index contributed by atoms with van der Waals surface area (Å²) < 4.78 is 5.54. The van der Waals surface area contributed by atoms with Crippen molar-refractivity contribution in [3.05, 3.63) is 29.3 Å². The standard InChI is InChI=1S/C15H25N3O.HI/c1-5-9-17-15(16-4)18-11-13-7-8-14(19-6-2)12(3)10-13;/h7-8,10H,5-6,9,11H2,1-4H3,(H2,16,17,18);1H. The first-order valence-electron chi connectivity index (χ1n) is 6.88. The van der Waals surface area contributed by atoms with Crippen LogP contribution in [0.4, 0.5) is 0 Å². The molecule has 0 amide bonds. The van der Waals surface area contributed by atoms with Crippen LogP contribution < -0.4 is 15.4 Å². The number of ether oxygens (including phenoxy) is 1.